The van der Waals surface area contributed by atoms with Crippen LogP contribution >= 0.6 is 11.6 Å². The zero-order valence-electron chi connectivity index (χ0n) is 31.0. The van der Waals surface area contributed by atoms with Crippen molar-refractivity contribution in [1.82, 2.24) is 0 Å². The molecule has 0 saturated carbocycles. The molecular formula is C45H26ClF8NO7. The number of aromatic carboxylic acids is 1. The van der Waals surface area contributed by atoms with Crippen molar-refractivity contribution in [2.45, 2.75) is 0 Å². The van der Waals surface area contributed by atoms with E-state index < -0.39 is 75.2 Å². The van der Waals surface area contributed by atoms with Gasteiger partial charge in [-0.05, 0) is 113 Å². The lowest BCUT2D eigenvalue weighted by Crippen LogP contribution is -2.13. The monoisotopic (exact) mass is 879 g/mol. The summed E-state index contributed by atoms with van der Waals surface area (Å²) >= 11 is 5.28. The van der Waals surface area contributed by atoms with Gasteiger partial charge in [0.05, 0.1) is 16.8 Å². The molecule has 316 valence electrons. The minimum atomic E-state index is -1.32. The molecule has 7 aromatic carbocycles. The predicted molar refractivity (Wildman–Crippen MR) is 212 cm³/mol. The van der Waals surface area contributed by atoms with Crippen LogP contribution in [0.5, 0.6) is 17.2 Å². The second-order valence-corrected chi connectivity index (χ2v) is 13.1. The number of halogens is 9. The topological polar surface area (TPSA) is 144 Å². The van der Waals surface area contributed by atoms with Crippen molar-refractivity contribution in [2.24, 2.45) is 0 Å². The van der Waals surface area contributed by atoms with Crippen LogP contribution in [0.15, 0.2) is 127 Å². The maximum atomic E-state index is 13.9. The molecule has 17 heteroatoms. The van der Waals surface area contributed by atoms with Crippen molar-refractivity contribution >= 4 is 34.4 Å². The summed E-state index contributed by atoms with van der Waals surface area (Å²) < 4.78 is 106. The molecule has 0 atom stereocenters. The second-order valence-electron chi connectivity index (χ2n) is 12.7. The van der Waals surface area contributed by atoms with Gasteiger partial charge in [0.1, 0.15) is 69.3 Å². The number of hydrogen-bond acceptors (Lipinski definition) is 6. The number of hydrogen-bond donors (Lipinski definition) is 5. The molecule has 7 aromatic rings. The van der Waals surface area contributed by atoms with Crippen LogP contribution in [0.25, 0.3) is 33.4 Å². The fraction of sp³-hybridized carbons (Fsp3) is 0. The highest BCUT2D eigenvalue weighted by Crippen LogP contribution is 2.32. The first-order valence-electron chi connectivity index (χ1n) is 17.4. The fourth-order valence-electron chi connectivity index (χ4n) is 5.57. The van der Waals surface area contributed by atoms with Gasteiger partial charge < -0.3 is 25.7 Å². The van der Waals surface area contributed by atoms with Gasteiger partial charge >= 0.3 is 5.97 Å². The smallest absolute Gasteiger partial charge is 0.339 e. The maximum Gasteiger partial charge on any atom is 0.339 e. The summed E-state index contributed by atoms with van der Waals surface area (Å²) in [7, 11) is 0. The van der Waals surface area contributed by atoms with Gasteiger partial charge in [-0.1, -0.05) is 18.2 Å². The van der Waals surface area contributed by atoms with Crippen LogP contribution in [-0.4, -0.2) is 37.5 Å². The lowest BCUT2D eigenvalue weighted by Gasteiger charge is -2.10. The molecule has 5 N–H and O–H groups in total. The van der Waals surface area contributed by atoms with Gasteiger partial charge in [0.25, 0.3) is 11.1 Å². The van der Waals surface area contributed by atoms with Crippen molar-refractivity contribution in [2.75, 3.05) is 5.32 Å². The third kappa shape index (κ3) is 11.1. The number of carbonyl (C=O) groups excluding carboxylic acids is 2. The van der Waals surface area contributed by atoms with Gasteiger partial charge in [-0.2, -0.15) is 0 Å². The van der Waals surface area contributed by atoms with Crippen LogP contribution in [0.4, 0.5) is 40.8 Å². The van der Waals surface area contributed by atoms with E-state index in [-0.39, 0.29) is 55.9 Å². The highest BCUT2D eigenvalue weighted by molar-refractivity contribution is 6.68. The summed E-state index contributed by atoms with van der Waals surface area (Å²) in [5.74, 6) is -9.67. The Kier molecular flexibility index (Phi) is 14.3. The third-order valence-corrected chi connectivity index (χ3v) is 8.79. The van der Waals surface area contributed by atoms with E-state index >= 15 is 0 Å². The molecule has 0 radical (unpaired) electrons. The van der Waals surface area contributed by atoms with Crippen molar-refractivity contribution in [3.63, 3.8) is 0 Å². The van der Waals surface area contributed by atoms with Crippen LogP contribution in [0.2, 0.25) is 0 Å². The summed E-state index contributed by atoms with van der Waals surface area (Å²) in [5, 5.41) is 38.8. The van der Waals surface area contributed by atoms with Crippen molar-refractivity contribution < 1.29 is 69.9 Å². The summed E-state index contributed by atoms with van der Waals surface area (Å²) in [6, 6.07) is 22.8. The van der Waals surface area contributed by atoms with E-state index in [0.29, 0.717) is 23.8 Å². The third-order valence-electron chi connectivity index (χ3n) is 8.58. The number of carboxylic acids is 1. The van der Waals surface area contributed by atoms with E-state index in [4.69, 9.17) is 16.7 Å². The first-order chi connectivity index (χ1) is 29.3. The first kappa shape index (κ1) is 45.4. The maximum absolute atomic E-state index is 13.9. The Labute approximate surface area is 350 Å². The number of nitrogens with one attached hydrogen (secondary N) is 1. The summed E-state index contributed by atoms with van der Waals surface area (Å²) in [6.45, 7) is 0. The lowest BCUT2D eigenvalue weighted by atomic mass is 10.0. The van der Waals surface area contributed by atoms with E-state index in [9.17, 15) is 64.8 Å². The number of aromatic hydroxyl groups is 3. The Bertz CT molecular complexity index is 2750. The van der Waals surface area contributed by atoms with Gasteiger partial charge in [0, 0.05) is 41.0 Å². The van der Waals surface area contributed by atoms with E-state index in [1.165, 1.54) is 54.6 Å². The summed E-state index contributed by atoms with van der Waals surface area (Å²) in [5.41, 5.74) is 0.00291. The number of benzene rings is 7. The molecule has 0 bridgehead atoms. The molecule has 0 unspecified atom stereocenters. The molecule has 0 saturated heterocycles. The molecule has 0 aliphatic heterocycles. The molecule has 1 amide bonds. The standard InChI is InChI=1S/C19H11F4NO2.C13H7ClF2O2.C13H8F2O3/c20-11-2-4-13(15(22)8-11)10-1-6-18(25)14(7-10)19(26)24-17-5-3-12(21)9-16(17)23;14-13(18)10-5-7(1-4-12(10)17)9-3-2-8(15)6-11(9)16;14-8-2-3-9(11(15)6-8)7-1-4-12(16)10(5-7)13(17)18/h1-9,25H,(H,24,26);1-6,17H;1-6,16H,(H,17,18). The molecule has 0 aliphatic carbocycles. The SMILES string of the molecule is O=C(Cl)c1cc(-c2ccc(F)cc2F)ccc1O.O=C(Nc1ccc(F)cc1F)c1cc(-c2ccc(F)cc2F)ccc1O.O=C(O)c1cc(-c2ccc(F)cc2F)ccc1O. The molecular weight excluding hydrogens is 854 g/mol. The van der Waals surface area contributed by atoms with Crippen LogP contribution in [-0.2, 0) is 0 Å². The largest absolute Gasteiger partial charge is 0.507 e. The Hall–Kier alpha value is -7.72. The van der Waals surface area contributed by atoms with Gasteiger partial charge in [0.2, 0.25) is 0 Å². The molecule has 0 heterocycles. The van der Waals surface area contributed by atoms with Gasteiger partial charge in [-0.15, -0.1) is 0 Å². The minimum Gasteiger partial charge on any atom is -0.507 e. The van der Waals surface area contributed by atoms with E-state index in [2.05, 4.69) is 5.32 Å². The average molecular weight is 880 g/mol. The predicted octanol–water partition coefficient (Wildman–Crippen LogP) is 11.6. The van der Waals surface area contributed by atoms with Crippen molar-refractivity contribution in [3.8, 4) is 50.6 Å². The molecule has 0 aromatic heterocycles. The van der Waals surface area contributed by atoms with Crippen molar-refractivity contribution in [3.05, 3.63) is 191 Å². The molecule has 7 rings (SSSR count). The number of rotatable bonds is 7. The normalized spacial score (nSPS) is 10.5. The molecule has 0 aliphatic rings. The van der Waals surface area contributed by atoms with Crippen molar-refractivity contribution in [1.29, 1.82) is 0 Å². The Morgan fingerprint density at radius 3 is 1.13 bits per heavy atom. The van der Waals surface area contributed by atoms with Crippen LogP contribution in [0.3, 0.4) is 0 Å². The molecule has 0 fully saturated rings. The second kappa shape index (κ2) is 19.6. The number of phenols is 3. The highest BCUT2D eigenvalue weighted by Gasteiger charge is 2.18. The van der Waals surface area contributed by atoms with Crippen LogP contribution in [0, 0.1) is 46.5 Å². The lowest BCUT2D eigenvalue weighted by molar-refractivity contribution is 0.0693. The number of carboxylic acid groups (broad SMARTS) is 1. The Balaban J connectivity index is 0.000000181. The number of phenolic OH excluding ortho intramolecular Hbond substituents is 2. The van der Waals surface area contributed by atoms with Gasteiger partial charge in [0.15, 0.2) is 0 Å². The van der Waals surface area contributed by atoms with E-state index in [1.807, 2.05) is 0 Å². The molecule has 0 spiro atoms. The Morgan fingerprint density at radius 1 is 0.419 bits per heavy atom. The summed E-state index contributed by atoms with van der Waals surface area (Å²) in [4.78, 5) is 34.2. The first-order valence-corrected chi connectivity index (χ1v) is 17.8. The van der Waals surface area contributed by atoms with E-state index in [1.54, 1.807) is 0 Å². The highest BCUT2D eigenvalue weighted by atomic mass is 35.5. The summed E-state index contributed by atoms with van der Waals surface area (Å²) in [6.07, 6.45) is 0. The number of amides is 1. The zero-order chi connectivity index (χ0) is 45.4. The zero-order valence-corrected chi connectivity index (χ0v) is 31.8. The van der Waals surface area contributed by atoms with Gasteiger partial charge in [-0.3, -0.25) is 9.59 Å². The van der Waals surface area contributed by atoms with Gasteiger partial charge in [-0.25, -0.2) is 39.9 Å². The van der Waals surface area contributed by atoms with Crippen LogP contribution in [0.1, 0.15) is 31.1 Å². The molecule has 8 nitrogen and oxygen atoms in total. The number of carbonyl (C=O) groups is 3. The van der Waals surface area contributed by atoms with E-state index in [0.717, 1.165) is 54.6 Å². The minimum absolute atomic E-state index is 0.0217. The average Bonchev–Trinajstić information content (AvgIpc) is 3.20. The Morgan fingerprint density at radius 2 is 0.758 bits per heavy atom. The number of anilines is 1. The molecule has 62 heavy (non-hydrogen) atoms. The quantitative estimate of drug-likeness (QED) is 0.0792. The fourth-order valence-corrected chi connectivity index (χ4v) is 5.72. The van der Waals surface area contributed by atoms with Crippen LogP contribution < -0.4 is 5.32 Å².